The summed E-state index contributed by atoms with van der Waals surface area (Å²) >= 11 is 0. The van der Waals surface area contributed by atoms with Crippen molar-refractivity contribution >= 4 is 0 Å². The second kappa shape index (κ2) is 1.42. The molecule has 2 bridgehead atoms. The first-order valence-corrected chi connectivity index (χ1v) is 2.87. The molecule has 2 fully saturated rings. The van der Waals surface area contributed by atoms with E-state index in [2.05, 4.69) is 5.32 Å². The SMILES string of the molecule is FC1[C@H]2CO[C@@H]1CN2. The van der Waals surface area contributed by atoms with Gasteiger partial charge in [-0.25, -0.2) is 4.39 Å². The van der Waals surface area contributed by atoms with Gasteiger partial charge in [0.25, 0.3) is 0 Å². The lowest BCUT2D eigenvalue weighted by atomic mass is 10.2. The quantitative estimate of drug-likeness (QED) is 0.470. The van der Waals surface area contributed by atoms with Crippen LogP contribution in [0.4, 0.5) is 4.39 Å². The molecule has 0 amide bonds. The van der Waals surface area contributed by atoms with Crippen molar-refractivity contribution in [2.75, 3.05) is 13.2 Å². The van der Waals surface area contributed by atoms with E-state index in [1.807, 2.05) is 0 Å². The van der Waals surface area contributed by atoms with Crippen LogP contribution in [0.25, 0.3) is 0 Å². The second-order valence-corrected chi connectivity index (χ2v) is 2.33. The second-order valence-electron chi connectivity index (χ2n) is 2.33. The molecule has 2 aliphatic rings. The Hall–Kier alpha value is -0.150. The molecule has 1 unspecified atom stereocenters. The van der Waals surface area contributed by atoms with E-state index < -0.39 is 6.17 Å². The molecular formula is C5H8FNO. The van der Waals surface area contributed by atoms with Crippen molar-refractivity contribution in [1.82, 2.24) is 5.32 Å². The molecule has 0 spiro atoms. The highest BCUT2D eigenvalue weighted by Crippen LogP contribution is 2.22. The molecule has 0 radical (unpaired) electrons. The number of ether oxygens (including phenoxy) is 1. The Morgan fingerprint density at radius 2 is 2.50 bits per heavy atom. The topological polar surface area (TPSA) is 21.3 Å². The van der Waals surface area contributed by atoms with E-state index in [1.54, 1.807) is 0 Å². The maximum absolute atomic E-state index is 12.6. The van der Waals surface area contributed by atoms with E-state index in [9.17, 15) is 4.39 Å². The number of rotatable bonds is 0. The summed E-state index contributed by atoms with van der Waals surface area (Å²) in [4.78, 5) is 0. The Balaban J connectivity index is 2.16. The van der Waals surface area contributed by atoms with Crippen molar-refractivity contribution in [2.24, 2.45) is 0 Å². The Labute approximate surface area is 47.0 Å². The van der Waals surface area contributed by atoms with E-state index in [0.29, 0.717) is 13.2 Å². The maximum atomic E-state index is 12.6. The molecule has 8 heavy (non-hydrogen) atoms. The number of hydrogen-bond acceptors (Lipinski definition) is 2. The Morgan fingerprint density at radius 1 is 1.62 bits per heavy atom. The lowest BCUT2D eigenvalue weighted by Crippen LogP contribution is -2.31. The normalized spacial score (nSPS) is 52.9. The molecule has 0 aromatic rings. The minimum Gasteiger partial charge on any atom is -0.372 e. The number of fused-ring (bicyclic) bond motifs is 2. The van der Waals surface area contributed by atoms with Gasteiger partial charge in [0.2, 0.25) is 0 Å². The fourth-order valence-electron chi connectivity index (χ4n) is 1.28. The number of morpholine rings is 1. The van der Waals surface area contributed by atoms with Crippen LogP contribution in [0.15, 0.2) is 0 Å². The van der Waals surface area contributed by atoms with Gasteiger partial charge in [0, 0.05) is 6.54 Å². The molecule has 0 aromatic carbocycles. The summed E-state index contributed by atoms with van der Waals surface area (Å²) in [6, 6.07) is -0.000000000000000222. The van der Waals surface area contributed by atoms with Gasteiger partial charge in [-0.1, -0.05) is 0 Å². The van der Waals surface area contributed by atoms with Crippen LogP contribution < -0.4 is 5.32 Å². The van der Waals surface area contributed by atoms with Crippen LogP contribution in [0, 0.1) is 0 Å². The molecule has 3 heteroatoms. The molecule has 3 atom stereocenters. The molecule has 2 rings (SSSR count). The monoisotopic (exact) mass is 117 g/mol. The van der Waals surface area contributed by atoms with E-state index in [4.69, 9.17) is 4.74 Å². The van der Waals surface area contributed by atoms with Crippen molar-refractivity contribution in [2.45, 2.75) is 18.3 Å². The van der Waals surface area contributed by atoms with Crippen LogP contribution in [-0.4, -0.2) is 31.5 Å². The zero-order valence-electron chi connectivity index (χ0n) is 4.43. The Morgan fingerprint density at radius 3 is 2.62 bits per heavy atom. The smallest absolute Gasteiger partial charge is 0.145 e. The number of nitrogens with one attached hydrogen (secondary N) is 1. The van der Waals surface area contributed by atoms with Gasteiger partial charge in [-0.15, -0.1) is 0 Å². The molecule has 46 valence electrons. The van der Waals surface area contributed by atoms with Crippen LogP contribution in [0.5, 0.6) is 0 Å². The zero-order valence-corrected chi connectivity index (χ0v) is 4.43. The highest BCUT2D eigenvalue weighted by molar-refractivity contribution is 4.96. The van der Waals surface area contributed by atoms with E-state index in [-0.39, 0.29) is 12.1 Å². The van der Waals surface area contributed by atoms with Gasteiger partial charge < -0.3 is 10.1 Å². The van der Waals surface area contributed by atoms with Crippen molar-refractivity contribution in [3.8, 4) is 0 Å². The van der Waals surface area contributed by atoms with Crippen molar-refractivity contribution in [3.63, 3.8) is 0 Å². The molecule has 2 nitrogen and oxygen atoms in total. The molecule has 0 aromatic heterocycles. The largest absolute Gasteiger partial charge is 0.372 e. The minimum atomic E-state index is -0.741. The zero-order chi connectivity index (χ0) is 5.56. The fraction of sp³-hybridized carbons (Fsp3) is 1.00. The van der Waals surface area contributed by atoms with Gasteiger partial charge in [-0.2, -0.15) is 0 Å². The lowest BCUT2D eigenvalue weighted by molar-refractivity contribution is 0.0735. The van der Waals surface area contributed by atoms with Gasteiger partial charge >= 0.3 is 0 Å². The lowest BCUT2D eigenvalue weighted by Gasteiger charge is -2.08. The van der Waals surface area contributed by atoms with Gasteiger partial charge in [0.1, 0.15) is 12.3 Å². The Kier molecular flexibility index (Phi) is 0.835. The third kappa shape index (κ3) is 0.432. The third-order valence-corrected chi connectivity index (χ3v) is 1.81. The van der Waals surface area contributed by atoms with Crippen molar-refractivity contribution < 1.29 is 9.13 Å². The molecule has 2 heterocycles. The fourth-order valence-corrected chi connectivity index (χ4v) is 1.28. The van der Waals surface area contributed by atoms with Gasteiger partial charge in [0.15, 0.2) is 0 Å². The molecular weight excluding hydrogens is 109 g/mol. The summed E-state index contributed by atoms with van der Waals surface area (Å²) in [6.07, 6.45) is -0.880. The predicted molar refractivity (Wildman–Crippen MR) is 26.4 cm³/mol. The molecule has 0 saturated carbocycles. The Bertz CT molecular complexity index is 88.6. The average molecular weight is 117 g/mol. The van der Waals surface area contributed by atoms with Crippen molar-refractivity contribution in [1.29, 1.82) is 0 Å². The summed E-state index contributed by atoms with van der Waals surface area (Å²) in [5.74, 6) is 0. The summed E-state index contributed by atoms with van der Waals surface area (Å²) in [7, 11) is 0. The first-order valence-electron chi connectivity index (χ1n) is 2.87. The summed E-state index contributed by atoms with van der Waals surface area (Å²) < 4.78 is 17.6. The highest BCUT2D eigenvalue weighted by Gasteiger charge is 2.42. The van der Waals surface area contributed by atoms with Gasteiger partial charge in [-0.05, 0) is 0 Å². The standard InChI is InChI=1S/C5H8FNO/c6-5-3-2-8-4(5)1-7-3/h3-5,7H,1-2H2/t3-,4-,5?/m1/s1. The molecule has 1 N–H and O–H groups in total. The maximum Gasteiger partial charge on any atom is 0.145 e. The summed E-state index contributed by atoms with van der Waals surface area (Å²) in [5, 5.41) is 3.01. The molecule has 2 aliphatic heterocycles. The first kappa shape index (κ1) is 4.70. The minimum absolute atomic E-state index is 0.000000000000000222. The third-order valence-electron chi connectivity index (χ3n) is 1.81. The predicted octanol–water partition coefficient (Wildman–Crippen LogP) is -0.305. The van der Waals surface area contributed by atoms with Crippen LogP contribution in [0.1, 0.15) is 0 Å². The number of alkyl halides is 1. The van der Waals surface area contributed by atoms with E-state index in [1.165, 1.54) is 0 Å². The van der Waals surface area contributed by atoms with E-state index in [0.717, 1.165) is 0 Å². The van der Waals surface area contributed by atoms with Gasteiger partial charge in [0.05, 0.1) is 12.6 Å². The average Bonchev–Trinajstić information content (AvgIpc) is 2.29. The number of hydrogen-bond donors (Lipinski definition) is 1. The van der Waals surface area contributed by atoms with Crippen LogP contribution >= 0.6 is 0 Å². The molecule has 0 aliphatic carbocycles. The molecule has 2 saturated heterocycles. The summed E-state index contributed by atoms with van der Waals surface area (Å²) in [5.41, 5.74) is 0. The first-order chi connectivity index (χ1) is 3.88. The van der Waals surface area contributed by atoms with Crippen molar-refractivity contribution in [3.05, 3.63) is 0 Å². The van der Waals surface area contributed by atoms with Crippen LogP contribution in [0.2, 0.25) is 0 Å². The van der Waals surface area contributed by atoms with Crippen LogP contribution in [-0.2, 0) is 4.74 Å². The van der Waals surface area contributed by atoms with Gasteiger partial charge in [-0.3, -0.25) is 0 Å². The highest BCUT2D eigenvalue weighted by atomic mass is 19.1. The van der Waals surface area contributed by atoms with Crippen LogP contribution in [0.3, 0.4) is 0 Å². The van der Waals surface area contributed by atoms with E-state index >= 15 is 0 Å². The number of halogens is 1. The summed E-state index contributed by atoms with van der Waals surface area (Å²) in [6.45, 7) is 1.26.